The maximum atomic E-state index is 13.2. The number of rotatable bonds is 6. The highest BCUT2D eigenvalue weighted by Crippen LogP contribution is 2.15. The molecule has 0 saturated carbocycles. The number of sulfonamides is 1. The van der Waals surface area contributed by atoms with Crippen LogP contribution in [0.2, 0.25) is 0 Å². The number of halogens is 2. The van der Waals surface area contributed by atoms with Gasteiger partial charge in [0.2, 0.25) is 10.0 Å². The van der Waals surface area contributed by atoms with Gasteiger partial charge in [-0.25, -0.2) is 26.6 Å². The minimum Gasteiger partial charge on any atom is -0.463 e. The van der Waals surface area contributed by atoms with Crippen LogP contribution in [0.5, 0.6) is 0 Å². The van der Waals surface area contributed by atoms with Crippen LogP contribution in [0.4, 0.5) is 8.78 Å². The Kier molecular flexibility index (Phi) is 4.96. The van der Waals surface area contributed by atoms with Gasteiger partial charge in [-0.15, -0.1) is 0 Å². The second-order valence-electron chi connectivity index (χ2n) is 5.26. The van der Waals surface area contributed by atoms with Crippen molar-refractivity contribution < 1.29 is 21.6 Å². The van der Waals surface area contributed by atoms with Crippen molar-refractivity contribution in [2.75, 3.05) is 6.54 Å². The fraction of sp³-hybridized carbons (Fsp3) is 0.125. The molecule has 0 saturated heterocycles. The van der Waals surface area contributed by atoms with Gasteiger partial charge in [0, 0.05) is 18.7 Å². The molecule has 0 radical (unpaired) electrons. The van der Waals surface area contributed by atoms with Gasteiger partial charge in [-0.1, -0.05) is 0 Å². The molecule has 10 heteroatoms. The number of benzene rings is 1. The maximum Gasteiger partial charge on any atom is 0.266 e. The van der Waals surface area contributed by atoms with Crippen LogP contribution >= 0.6 is 0 Å². The van der Waals surface area contributed by atoms with E-state index in [0.29, 0.717) is 29.7 Å². The van der Waals surface area contributed by atoms with E-state index in [0.717, 1.165) is 4.68 Å². The first-order chi connectivity index (χ1) is 12.3. The lowest BCUT2D eigenvalue weighted by molar-refractivity contribution is 0.536. The molecule has 0 unspecified atom stereocenters. The van der Waals surface area contributed by atoms with E-state index in [1.165, 1.54) is 18.4 Å². The van der Waals surface area contributed by atoms with E-state index in [9.17, 15) is 22.0 Å². The summed E-state index contributed by atoms with van der Waals surface area (Å²) in [5, 5.41) is 4.09. The molecule has 3 aromatic rings. The summed E-state index contributed by atoms with van der Waals surface area (Å²) in [6.07, 6.45) is 1.46. The van der Waals surface area contributed by atoms with Crippen LogP contribution < -0.4 is 10.3 Å². The molecule has 0 atom stereocenters. The Balaban J connectivity index is 1.73. The molecule has 2 aromatic heterocycles. The maximum absolute atomic E-state index is 13.2. The first-order valence-electron chi connectivity index (χ1n) is 7.43. The fourth-order valence-corrected chi connectivity index (χ4v) is 3.28. The summed E-state index contributed by atoms with van der Waals surface area (Å²) < 4.78 is 59.0. The Morgan fingerprint density at radius 2 is 1.85 bits per heavy atom. The van der Waals surface area contributed by atoms with Crippen molar-refractivity contribution in [1.29, 1.82) is 0 Å². The van der Waals surface area contributed by atoms with E-state index in [2.05, 4.69) is 9.82 Å². The van der Waals surface area contributed by atoms with E-state index < -0.39 is 32.1 Å². The first-order valence-corrected chi connectivity index (χ1v) is 8.91. The zero-order valence-electron chi connectivity index (χ0n) is 13.2. The van der Waals surface area contributed by atoms with Gasteiger partial charge in [-0.3, -0.25) is 4.79 Å². The van der Waals surface area contributed by atoms with Crippen molar-refractivity contribution in [3.05, 3.63) is 70.7 Å². The summed E-state index contributed by atoms with van der Waals surface area (Å²) in [6.45, 7) is -0.278. The third-order valence-corrected chi connectivity index (χ3v) is 4.84. The highest BCUT2D eigenvalue weighted by Gasteiger charge is 2.16. The molecule has 3 rings (SSSR count). The molecular formula is C16H13F2N3O4S. The minimum atomic E-state index is -4.13. The lowest BCUT2D eigenvalue weighted by atomic mass is 10.3. The van der Waals surface area contributed by atoms with Crippen LogP contribution in [0.25, 0.3) is 11.5 Å². The summed E-state index contributed by atoms with van der Waals surface area (Å²) in [7, 11) is -4.13. The van der Waals surface area contributed by atoms with E-state index >= 15 is 0 Å². The number of hydrogen-bond acceptors (Lipinski definition) is 5. The minimum absolute atomic E-state index is 0.0790. The zero-order chi connectivity index (χ0) is 18.7. The lowest BCUT2D eigenvalue weighted by Crippen LogP contribution is -2.32. The molecule has 7 nitrogen and oxygen atoms in total. The van der Waals surface area contributed by atoms with Crippen molar-refractivity contribution >= 4 is 10.0 Å². The van der Waals surface area contributed by atoms with Crippen molar-refractivity contribution in [1.82, 2.24) is 14.5 Å². The van der Waals surface area contributed by atoms with Gasteiger partial charge < -0.3 is 4.42 Å². The van der Waals surface area contributed by atoms with E-state index in [1.807, 2.05) is 0 Å². The molecule has 0 bridgehead atoms. The van der Waals surface area contributed by atoms with Gasteiger partial charge in [0.05, 0.1) is 17.7 Å². The topological polar surface area (TPSA) is 94.2 Å². The van der Waals surface area contributed by atoms with Crippen LogP contribution in [-0.4, -0.2) is 24.7 Å². The van der Waals surface area contributed by atoms with Crippen LogP contribution in [0.15, 0.2) is 62.8 Å². The summed E-state index contributed by atoms with van der Waals surface area (Å²) in [5.41, 5.74) is -0.0269. The summed E-state index contributed by atoms with van der Waals surface area (Å²) in [4.78, 5) is 11.3. The van der Waals surface area contributed by atoms with E-state index in [1.54, 1.807) is 12.1 Å². The predicted octanol–water partition coefficient (Wildman–Crippen LogP) is 1.76. The van der Waals surface area contributed by atoms with Gasteiger partial charge >= 0.3 is 0 Å². The van der Waals surface area contributed by atoms with Gasteiger partial charge in [0.1, 0.15) is 17.3 Å². The molecule has 1 N–H and O–H groups in total. The molecular weight excluding hydrogens is 368 g/mol. The summed E-state index contributed by atoms with van der Waals surface area (Å²) in [6, 6.07) is 8.07. The van der Waals surface area contributed by atoms with Crippen molar-refractivity contribution in [2.45, 2.75) is 11.4 Å². The number of nitrogens with zero attached hydrogens (tertiary/aromatic N) is 2. The number of aromatic nitrogens is 2. The van der Waals surface area contributed by atoms with Gasteiger partial charge in [-0.2, -0.15) is 5.10 Å². The molecule has 136 valence electrons. The fourth-order valence-electron chi connectivity index (χ4n) is 2.22. The quantitative estimate of drug-likeness (QED) is 0.702. The molecule has 0 aliphatic rings. The monoisotopic (exact) mass is 381 g/mol. The smallest absolute Gasteiger partial charge is 0.266 e. The van der Waals surface area contributed by atoms with Gasteiger partial charge in [0.15, 0.2) is 5.76 Å². The Morgan fingerprint density at radius 3 is 2.50 bits per heavy atom. The standard InChI is InChI=1S/C16H13F2N3O4S/c17-11-8-12(18)10-13(9-11)26(23,24)19-5-6-21-16(22)4-3-14(20-21)15-2-1-7-25-15/h1-4,7-10,19H,5-6H2. The highest BCUT2D eigenvalue weighted by molar-refractivity contribution is 7.89. The molecule has 0 aliphatic carbocycles. The molecule has 0 spiro atoms. The summed E-state index contributed by atoms with van der Waals surface area (Å²) >= 11 is 0. The van der Waals surface area contributed by atoms with Crippen molar-refractivity contribution in [2.24, 2.45) is 0 Å². The average molecular weight is 381 g/mol. The third kappa shape index (κ3) is 4.03. The van der Waals surface area contributed by atoms with Crippen molar-refractivity contribution in [3.63, 3.8) is 0 Å². The van der Waals surface area contributed by atoms with E-state index in [-0.39, 0.29) is 13.1 Å². The molecule has 0 amide bonds. The third-order valence-electron chi connectivity index (χ3n) is 3.40. The van der Waals surface area contributed by atoms with Crippen molar-refractivity contribution in [3.8, 4) is 11.5 Å². The SMILES string of the molecule is O=c1ccc(-c2ccco2)nn1CCNS(=O)(=O)c1cc(F)cc(F)c1. The Labute approximate surface area is 146 Å². The predicted molar refractivity (Wildman–Crippen MR) is 87.7 cm³/mol. The Morgan fingerprint density at radius 1 is 1.12 bits per heavy atom. The first kappa shape index (κ1) is 18.0. The number of furan rings is 1. The number of hydrogen-bond donors (Lipinski definition) is 1. The Hall–Kier alpha value is -2.85. The van der Waals surface area contributed by atoms with Gasteiger partial charge in [0.25, 0.3) is 5.56 Å². The van der Waals surface area contributed by atoms with Crippen LogP contribution in [0.3, 0.4) is 0 Å². The molecule has 0 aliphatic heterocycles. The lowest BCUT2D eigenvalue weighted by Gasteiger charge is -2.09. The van der Waals surface area contributed by atoms with Crippen LogP contribution in [0, 0.1) is 11.6 Å². The second-order valence-corrected chi connectivity index (χ2v) is 7.03. The molecule has 0 fully saturated rings. The van der Waals surface area contributed by atoms with E-state index in [4.69, 9.17) is 4.42 Å². The number of nitrogens with one attached hydrogen (secondary N) is 1. The molecule has 2 heterocycles. The second kappa shape index (κ2) is 7.18. The van der Waals surface area contributed by atoms with Crippen LogP contribution in [-0.2, 0) is 16.6 Å². The van der Waals surface area contributed by atoms with Gasteiger partial charge in [-0.05, 0) is 30.3 Å². The zero-order valence-corrected chi connectivity index (χ0v) is 14.0. The summed E-state index contributed by atoms with van der Waals surface area (Å²) in [5.74, 6) is -1.56. The Bertz CT molecular complexity index is 1060. The molecule has 26 heavy (non-hydrogen) atoms. The normalized spacial score (nSPS) is 11.6. The van der Waals surface area contributed by atoms with Crippen LogP contribution in [0.1, 0.15) is 0 Å². The largest absolute Gasteiger partial charge is 0.463 e. The highest BCUT2D eigenvalue weighted by atomic mass is 32.2. The molecule has 1 aromatic carbocycles. The average Bonchev–Trinajstić information content (AvgIpc) is 3.10.